The van der Waals surface area contributed by atoms with Gasteiger partial charge in [-0.2, -0.15) is 0 Å². The van der Waals surface area contributed by atoms with Gasteiger partial charge in [0.25, 0.3) is 0 Å². The largest absolute Gasteiger partial charge is 0.466 e. The molecular weight excluding hydrogens is 1190 g/mol. The maximum atomic E-state index is 13.1. The van der Waals surface area contributed by atoms with Gasteiger partial charge in [-0.05, 0) is 116 Å². The maximum Gasteiger partial charge on any atom is 0.305 e. The number of amides is 1. The van der Waals surface area contributed by atoms with E-state index in [9.17, 15) is 35.1 Å². The quantitative estimate of drug-likeness (QED) is 0.0195. The molecule has 0 aromatic rings. The van der Waals surface area contributed by atoms with Crippen LogP contribution in [0.2, 0.25) is 0 Å². The van der Waals surface area contributed by atoms with E-state index in [4.69, 9.17) is 14.2 Å². The Morgan fingerprint density at radius 3 is 1.11 bits per heavy atom. The number of aliphatic hydroxyl groups is 5. The van der Waals surface area contributed by atoms with E-state index in [0.717, 1.165) is 77.0 Å². The van der Waals surface area contributed by atoms with Crippen LogP contribution in [0.25, 0.3) is 0 Å². The van der Waals surface area contributed by atoms with E-state index in [2.05, 4.69) is 79.9 Å². The Hall–Kier alpha value is -2.90. The molecule has 0 saturated carbocycles. The van der Waals surface area contributed by atoms with E-state index in [0.29, 0.717) is 19.4 Å². The number of nitrogens with one attached hydrogen (secondary N) is 1. The summed E-state index contributed by atoms with van der Waals surface area (Å²) in [5.41, 5.74) is 0. The summed E-state index contributed by atoms with van der Waals surface area (Å²) >= 11 is 0. The molecule has 560 valence electrons. The highest BCUT2D eigenvalue weighted by molar-refractivity contribution is 5.76. The Kier molecular flexibility index (Phi) is 69.6. The molecular formula is C85H155NO10. The minimum absolute atomic E-state index is 0.00708. The summed E-state index contributed by atoms with van der Waals surface area (Å²) in [4.78, 5) is 25.2. The third-order valence-electron chi connectivity index (χ3n) is 19.2. The summed E-state index contributed by atoms with van der Waals surface area (Å²) in [6.07, 6.45) is 90.9. The van der Waals surface area contributed by atoms with Crippen molar-refractivity contribution in [1.29, 1.82) is 0 Å². The van der Waals surface area contributed by atoms with Crippen LogP contribution < -0.4 is 5.32 Å². The van der Waals surface area contributed by atoms with Gasteiger partial charge in [-0.3, -0.25) is 9.59 Å². The molecule has 6 N–H and O–H groups in total. The van der Waals surface area contributed by atoms with E-state index < -0.39 is 49.5 Å². The van der Waals surface area contributed by atoms with Crippen molar-refractivity contribution in [2.24, 2.45) is 0 Å². The topological polar surface area (TPSA) is 175 Å². The predicted molar refractivity (Wildman–Crippen MR) is 407 cm³/mol. The van der Waals surface area contributed by atoms with Crippen molar-refractivity contribution >= 4 is 11.9 Å². The van der Waals surface area contributed by atoms with Crippen LogP contribution in [0.4, 0.5) is 0 Å². The fraction of sp³-hybridized carbons (Fsp3) is 0.835. The van der Waals surface area contributed by atoms with Gasteiger partial charge in [-0.1, -0.05) is 337 Å². The third kappa shape index (κ3) is 61.0. The van der Waals surface area contributed by atoms with Gasteiger partial charge in [0.1, 0.15) is 24.4 Å². The smallest absolute Gasteiger partial charge is 0.305 e. The number of hydrogen-bond acceptors (Lipinski definition) is 10. The van der Waals surface area contributed by atoms with Gasteiger partial charge in [0.05, 0.1) is 32.0 Å². The Labute approximate surface area is 591 Å². The molecule has 0 radical (unpaired) electrons. The van der Waals surface area contributed by atoms with Crippen molar-refractivity contribution in [2.45, 2.75) is 436 Å². The van der Waals surface area contributed by atoms with E-state index >= 15 is 0 Å². The average molecular weight is 1350 g/mol. The van der Waals surface area contributed by atoms with Crippen molar-refractivity contribution < 1.29 is 49.3 Å². The Morgan fingerprint density at radius 2 is 0.708 bits per heavy atom. The van der Waals surface area contributed by atoms with Gasteiger partial charge >= 0.3 is 5.97 Å². The molecule has 0 bridgehead atoms. The first-order chi connectivity index (χ1) is 47.2. The predicted octanol–water partition coefficient (Wildman–Crippen LogP) is 22.6. The third-order valence-corrected chi connectivity index (χ3v) is 19.2. The molecule has 1 rings (SSSR count). The van der Waals surface area contributed by atoms with Crippen LogP contribution >= 0.6 is 0 Å². The van der Waals surface area contributed by atoms with Gasteiger partial charge in [0.2, 0.25) is 5.91 Å². The first-order valence-corrected chi connectivity index (χ1v) is 41.2. The summed E-state index contributed by atoms with van der Waals surface area (Å²) < 4.78 is 16.8. The second-order valence-electron chi connectivity index (χ2n) is 28.4. The molecule has 1 aliphatic rings. The lowest BCUT2D eigenvalue weighted by Gasteiger charge is -2.40. The van der Waals surface area contributed by atoms with Crippen molar-refractivity contribution in [3.8, 4) is 0 Å². The molecule has 7 atom stereocenters. The summed E-state index contributed by atoms with van der Waals surface area (Å²) in [7, 11) is 0. The molecule has 0 aromatic heterocycles. The molecule has 0 aliphatic carbocycles. The van der Waals surface area contributed by atoms with E-state index in [-0.39, 0.29) is 18.5 Å². The van der Waals surface area contributed by atoms with Crippen molar-refractivity contribution in [2.75, 3.05) is 19.8 Å². The van der Waals surface area contributed by atoms with Crippen LogP contribution in [0.15, 0.2) is 72.9 Å². The lowest BCUT2D eigenvalue weighted by atomic mass is 9.99. The van der Waals surface area contributed by atoms with Gasteiger partial charge < -0.3 is 45.1 Å². The van der Waals surface area contributed by atoms with E-state index in [1.54, 1.807) is 6.08 Å². The van der Waals surface area contributed by atoms with Crippen molar-refractivity contribution in [3.05, 3.63) is 72.9 Å². The zero-order valence-corrected chi connectivity index (χ0v) is 62.6. The van der Waals surface area contributed by atoms with E-state index in [1.165, 1.54) is 289 Å². The van der Waals surface area contributed by atoms with Crippen molar-refractivity contribution in [1.82, 2.24) is 5.32 Å². The van der Waals surface area contributed by atoms with E-state index in [1.807, 2.05) is 6.08 Å². The SMILES string of the molecule is CCCCC/C=C/CC/C=C/CC/C=C/C(O)C(COC1OC(CO)C(O)C(O)C1O)NC(=O)CCCCCCCCCCCCCCCCCCC/C=C\C/C=C\CCCCCCCCCCCCCCCCCOC(=O)CCCCCCC/C=C\CCCCCCCCC. The Balaban J connectivity index is 1.90. The molecule has 7 unspecified atom stereocenters. The number of rotatable bonds is 73. The monoisotopic (exact) mass is 1350 g/mol. The van der Waals surface area contributed by atoms with Crippen LogP contribution in [-0.4, -0.2) is 100 Å². The highest BCUT2D eigenvalue weighted by Crippen LogP contribution is 2.24. The number of carbonyl (C=O) groups excluding carboxylic acids is 2. The van der Waals surface area contributed by atoms with Crippen LogP contribution in [0.3, 0.4) is 0 Å². The first kappa shape index (κ1) is 91.1. The molecule has 1 saturated heterocycles. The van der Waals surface area contributed by atoms with Crippen LogP contribution in [0, 0.1) is 0 Å². The molecule has 1 fully saturated rings. The zero-order chi connectivity index (χ0) is 69.4. The number of carbonyl (C=O) groups is 2. The fourth-order valence-electron chi connectivity index (χ4n) is 12.8. The normalized spacial score (nSPS) is 17.7. The summed E-state index contributed by atoms with van der Waals surface area (Å²) in [6, 6.07) is -0.834. The highest BCUT2D eigenvalue weighted by atomic mass is 16.7. The van der Waals surface area contributed by atoms with Crippen LogP contribution in [0.1, 0.15) is 393 Å². The number of hydrogen-bond donors (Lipinski definition) is 6. The minimum Gasteiger partial charge on any atom is -0.466 e. The van der Waals surface area contributed by atoms with Crippen molar-refractivity contribution in [3.63, 3.8) is 0 Å². The van der Waals surface area contributed by atoms with Gasteiger partial charge in [-0.15, -0.1) is 0 Å². The van der Waals surface area contributed by atoms with Crippen LogP contribution in [0.5, 0.6) is 0 Å². The maximum absolute atomic E-state index is 13.1. The molecule has 11 nitrogen and oxygen atoms in total. The molecule has 1 heterocycles. The molecule has 0 spiro atoms. The highest BCUT2D eigenvalue weighted by Gasteiger charge is 2.44. The van der Waals surface area contributed by atoms with Gasteiger partial charge in [-0.25, -0.2) is 0 Å². The average Bonchev–Trinajstić information content (AvgIpc) is 0.843. The Bertz CT molecular complexity index is 1830. The zero-order valence-electron chi connectivity index (χ0n) is 62.6. The molecule has 1 aliphatic heterocycles. The molecule has 96 heavy (non-hydrogen) atoms. The minimum atomic E-state index is -1.58. The number of unbranched alkanes of at least 4 members (excludes halogenated alkanes) is 49. The Morgan fingerprint density at radius 1 is 0.385 bits per heavy atom. The fourth-order valence-corrected chi connectivity index (χ4v) is 12.8. The van der Waals surface area contributed by atoms with Crippen LogP contribution in [-0.2, 0) is 23.8 Å². The summed E-state index contributed by atoms with van der Waals surface area (Å²) in [6.45, 7) is 4.33. The molecule has 1 amide bonds. The first-order valence-electron chi connectivity index (χ1n) is 41.2. The number of allylic oxidation sites excluding steroid dienone is 11. The molecule has 11 heteroatoms. The number of ether oxygens (including phenoxy) is 3. The number of esters is 1. The summed E-state index contributed by atoms with van der Waals surface area (Å²) in [5, 5.41) is 54.5. The second kappa shape index (κ2) is 73.3. The molecule has 0 aromatic carbocycles. The summed E-state index contributed by atoms with van der Waals surface area (Å²) in [5.74, 6) is -0.186. The lowest BCUT2D eigenvalue weighted by molar-refractivity contribution is -0.302. The number of aliphatic hydroxyl groups excluding tert-OH is 5. The lowest BCUT2D eigenvalue weighted by Crippen LogP contribution is -2.60. The van der Waals surface area contributed by atoms with Gasteiger partial charge in [0, 0.05) is 12.8 Å². The second-order valence-corrected chi connectivity index (χ2v) is 28.4. The van der Waals surface area contributed by atoms with Gasteiger partial charge in [0.15, 0.2) is 6.29 Å². The standard InChI is InChI=1S/C85H155NO10/c1-3-5-7-9-11-13-15-17-18-45-49-53-57-61-65-69-73-81(90)94-74-70-66-62-58-54-50-46-43-41-39-37-35-33-31-29-27-25-23-21-19-20-22-24-26-28-30-32-34-36-38-40-42-44-48-52-56-60-64-68-72-80(89)86-77(76-95-85-84(93)83(92)82(91)79(75-87)96-85)78(88)71-67-63-59-55-51-47-16-14-12-10-8-6-4-2/h12,14,18-20,23,25,45,51,55,67,71,77-79,82-85,87-88,91-93H,3-11,13,15-17,21-22,24,26-44,46-50,52-54,56-66,68-70,72-76H2,1-2H3,(H,86,89)/b14-12+,20-19-,25-23-,45-18-,55-51+,71-67+.